The predicted octanol–water partition coefficient (Wildman–Crippen LogP) is 1.69. The lowest BCUT2D eigenvalue weighted by atomic mass is 10.1. The molecule has 3 rings (SSSR count). The Kier molecular flexibility index (Phi) is 6.79. The summed E-state index contributed by atoms with van der Waals surface area (Å²) in [4.78, 5) is 50.1. The Balaban J connectivity index is 1.78. The van der Waals surface area contributed by atoms with Crippen LogP contribution in [0.5, 0.6) is 0 Å². The maximum absolute atomic E-state index is 12.3. The average Bonchev–Trinajstić information content (AvgIpc) is 3.09. The van der Waals surface area contributed by atoms with Crippen LogP contribution in [0.4, 0.5) is 0 Å². The van der Waals surface area contributed by atoms with E-state index in [-0.39, 0.29) is 18.6 Å². The molecule has 1 aromatic carbocycles. The Hall–Kier alpha value is -3.26. The molecule has 1 saturated heterocycles. The predicted molar refractivity (Wildman–Crippen MR) is 109 cm³/mol. The van der Waals surface area contributed by atoms with Crippen LogP contribution in [-0.2, 0) is 31.9 Å². The SMILES string of the molecule is CCc1cn([C@H]2C[C@H](OC(C)=O)[C@@H](C=CC(=O)Cc3ccccc3)O2)c(=O)[nH]c1=O. The number of ether oxygens (including phenoxy) is 2. The number of nitrogens with one attached hydrogen (secondary N) is 1. The normalized spacial score (nSPS) is 21.1. The van der Waals surface area contributed by atoms with E-state index >= 15 is 0 Å². The van der Waals surface area contributed by atoms with Crippen molar-refractivity contribution in [2.75, 3.05) is 0 Å². The summed E-state index contributed by atoms with van der Waals surface area (Å²) < 4.78 is 12.5. The van der Waals surface area contributed by atoms with E-state index in [1.165, 1.54) is 23.8 Å². The number of rotatable bonds is 7. The highest BCUT2D eigenvalue weighted by Gasteiger charge is 2.37. The summed E-state index contributed by atoms with van der Waals surface area (Å²) in [7, 11) is 0. The number of hydrogen-bond donors (Lipinski definition) is 1. The first kappa shape index (κ1) is 21.4. The first-order valence-corrected chi connectivity index (χ1v) is 9.79. The fourth-order valence-corrected chi connectivity index (χ4v) is 3.39. The minimum absolute atomic E-state index is 0.121. The molecule has 1 aromatic heterocycles. The van der Waals surface area contributed by atoms with E-state index in [4.69, 9.17) is 9.47 Å². The number of ketones is 1. The van der Waals surface area contributed by atoms with E-state index < -0.39 is 35.7 Å². The standard InChI is InChI=1S/C22H24N2O6/c1-3-16-13-24(22(28)23-21(16)27)20-12-19(29-14(2)25)18(30-20)10-9-17(26)11-15-7-5-4-6-8-15/h4-10,13,18-20H,3,11-12H2,1-2H3,(H,23,27,28)/t18-,19+,20-/m1/s1. The van der Waals surface area contributed by atoms with Crippen molar-refractivity contribution < 1.29 is 19.1 Å². The van der Waals surface area contributed by atoms with Crippen molar-refractivity contribution in [3.63, 3.8) is 0 Å². The monoisotopic (exact) mass is 412 g/mol. The van der Waals surface area contributed by atoms with Crippen molar-refractivity contribution in [2.45, 2.75) is 51.5 Å². The minimum atomic E-state index is -0.733. The lowest BCUT2D eigenvalue weighted by Gasteiger charge is -2.15. The molecule has 8 nitrogen and oxygen atoms in total. The number of carbonyl (C=O) groups excluding carboxylic acids is 2. The second-order valence-corrected chi connectivity index (χ2v) is 7.10. The van der Waals surface area contributed by atoms with Gasteiger partial charge >= 0.3 is 11.7 Å². The largest absolute Gasteiger partial charge is 0.459 e. The zero-order valence-corrected chi connectivity index (χ0v) is 16.9. The van der Waals surface area contributed by atoms with Gasteiger partial charge in [0.05, 0.1) is 0 Å². The molecule has 8 heteroatoms. The van der Waals surface area contributed by atoms with Crippen LogP contribution in [0.2, 0.25) is 0 Å². The van der Waals surface area contributed by atoms with Crippen molar-refractivity contribution in [1.82, 2.24) is 9.55 Å². The number of aromatic amines is 1. The highest BCUT2D eigenvalue weighted by Crippen LogP contribution is 2.30. The van der Waals surface area contributed by atoms with Gasteiger partial charge in [-0.1, -0.05) is 37.3 Å². The van der Waals surface area contributed by atoms with E-state index in [1.54, 1.807) is 13.0 Å². The molecule has 1 N–H and O–H groups in total. The molecule has 2 aromatic rings. The van der Waals surface area contributed by atoms with E-state index in [9.17, 15) is 19.2 Å². The second-order valence-electron chi connectivity index (χ2n) is 7.10. The van der Waals surface area contributed by atoms with Crippen molar-refractivity contribution in [3.8, 4) is 0 Å². The molecule has 158 valence electrons. The summed E-state index contributed by atoms with van der Waals surface area (Å²) in [6.07, 6.45) is 3.25. The molecule has 2 heterocycles. The topological polar surface area (TPSA) is 107 Å². The fraction of sp³-hybridized carbons (Fsp3) is 0.364. The Morgan fingerprint density at radius 2 is 2.00 bits per heavy atom. The van der Waals surface area contributed by atoms with E-state index in [0.717, 1.165) is 5.56 Å². The number of nitrogens with zero attached hydrogens (tertiary/aromatic N) is 1. The number of allylic oxidation sites excluding steroid dienone is 1. The lowest BCUT2D eigenvalue weighted by Crippen LogP contribution is -2.34. The quantitative estimate of drug-likeness (QED) is 0.548. The number of H-pyrrole nitrogens is 1. The van der Waals surface area contributed by atoms with Crippen LogP contribution in [0, 0.1) is 0 Å². The van der Waals surface area contributed by atoms with Crippen molar-refractivity contribution in [3.05, 3.63) is 80.6 Å². The molecule has 0 bridgehead atoms. The van der Waals surface area contributed by atoms with Gasteiger partial charge in [-0.05, 0) is 24.1 Å². The summed E-state index contributed by atoms with van der Waals surface area (Å²) in [6, 6.07) is 9.33. The van der Waals surface area contributed by atoms with Crippen molar-refractivity contribution in [2.24, 2.45) is 0 Å². The molecule has 0 amide bonds. The minimum Gasteiger partial charge on any atom is -0.459 e. The van der Waals surface area contributed by atoms with Crippen molar-refractivity contribution >= 4 is 11.8 Å². The third-order valence-electron chi connectivity index (χ3n) is 4.86. The number of carbonyl (C=O) groups is 2. The van der Waals surface area contributed by atoms with Gasteiger partial charge in [0, 0.05) is 31.5 Å². The zero-order chi connectivity index (χ0) is 21.7. The number of aryl methyl sites for hydroxylation is 1. The van der Waals surface area contributed by atoms with Gasteiger partial charge in [-0.25, -0.2) is 4.79 Å². The van der Waals surface area contributed by atoms with Gasteiger partial charge in [0.2, 0.25) is 0 Å². The van der Waals surface area contributed by atoms with Crippen LogP contribution in [0.25, 0.3) is 0 Å². The van der Waals surface area contributed by atoms with Crippen LogP contribution in [0.3, 0.4) is 0 Å². The van der Waals surface area contributed by atoms with Crippen molar-refractivity contribution in [1.29, 1.82) is 0 Å². The molecule has 1 aliphatic heterocycles. The molecule has 1 fully saturated rings. The third kappa shape index (κ3) is 5.21. The molecular weight excluding hydrogens is 388 g/mol. The fourth-order valence-electron chi connectivity index (χ4n) is 3.39. The maximum Gasteiger partial charge on any atom is 0.330 e. The van der Waals surface area contributed by atoms with Gasteiger partial charge in [-0.2, -0.15) is 0 Å². The molecule has 0 aliphatic carbocycles. The molecule has 0 spiro atoms. The van der Waals surface area contributed by atoms with Gasteiger partial charge in [0.15, 0.2) is 5.78 Å². The second kappa shape index (κ2) is 9.49. The lowest BCUT2D eigenvalue weighted by molar-refractivity contribution is -0.147. The van der Waals surface area contributed by atoms with Crippen LogP contribution < -0.4 is 11.2 Å². The number of esters is 1. The summed E-state index contributed by atoms with van der Waals surface area (Å²) in [5.74, 6) is -0.606. The summed E-state index contributed by atoms with van der Waals surface area (Å²) in [5.41, 5.74) is 0.296. The molecule has 0 radical (unpaired) electrons. The van der Waals surface area contributed by atoms with Crippen LogP contribution in [-0.4, -0.2) is 33.5 Å². The summed E-state index contributed by atoms with van der Waals surface area (Å²) in [5, 5.41) is 0. The Labute approximate surface area is 173 Å². The Morgan fingerprint density at radius 1 is 1.27 bits per heavy atom. The third-order valence-corrected chi connectivity index (χ3v) is 4.86. The first-order valence-electron chi connectivity index (χ1n) is 9.79. The molecule has 1 aliphatic rings. The van der Waals surface area contributed by atoms with E-state index in [1.807, 2.05) is 30.3 Å². The van der Waals surface area contributed by atoms with E-state index in [0.29, 0.717) is 12.0 Å². The van der Waals surface area contributed by atoms with Gasteiger partial charge < -0.3 is 9.47 Å². The maximum atomic E-state index is 12.3. The number of hydrogen-bond acceptors (Lipinski definition) is 6. The molecule has 0 unspecified atom stereocenters. The first-order chi connectivity index (χ1) is 14.4. The van der Waals surface area contributed by atoms with Crippen LogP contribution in [0.15, 0.2) is 58.3 Å². The number of benzene rings is 1. The van der Waals surface area contributed by atoms with E-state index in [2.05, 4.69) is 4.98 Å². The molecular formula is C22H24N2O6. The van der Waals surface area contributed by atoms with Crippen LogP contribution in [0.1, 0.15) is 37.6 Å². The summed E-state index contributed by atoms with van der Waals surface area (Å²) >= 11 is 0. The van der Waals surface area contributed by atoms with Crippen LogP contribution >= 0.6 is 0 Å². The Morgan fingerprint density at radius 3 is 2.67 bits per heavy atom. The van der Waals surface area contributed by atoms with Gasteiger partial charge in [-0.15, -0.1) is 0 Å². The average molecular weight is 412 g/mol. The summed E-state index contributed by atoms with van der Waals surface area (Å²) in [6.45, 7) is 3.09. The number of aromatic nitrogens is 2. The molecule has 0 saturated carbocycles. The highest BCUT2D eigenvalue weighted by atomic mass is 16.6. The smallest absolute Gasteiger partial charge is 0.330 e. The van der Waals surface area contributed by atoms with Gasteiger partial charge in [0.25, 0.3) is 5.56 Å². The van der Waals surface area contributed by atoms with Gasteiger partial charge in [-0.3, -0.25) is 23.9 Å². The highest BCUT2D eigenvalue weighted by molar-refractivity contribution is 5.91. The molecule has 30 heavy (non-hydrogen) atoms. The molecule has 3 atom stereocenters. The van der Waals surface area contributed by atoms with Gasteiger partial charge in [0.1, 0.15) is 18.4 Å². The zero-order valence-electron chi connectivity index (χ0n) is 16.9. The Bertz CT molecular complexity index is 1050.